The fourth-order valence-electron chi connectivity index (χ4n) is 3.28. The van der Waals surface area contributed by atoms with Crippen molar-refractivity contribution in [3.8, 4) is 22.8 Å². The molecule has 5 heteroatoms. The van der Waals surface area contributed by atoms with Crippen LogP contribution in [0.15, 0.2) is 78.9 Å². The third-order valence-corrected chi connectivity index (χ3v) is 4.68. The highest BCUT2D eigenvalue weighted by Crippen LogP contribution is 2.28. The van der Waals surface area contributed by atoms with Gasteiger partial charge in [0.25, 0.3) is 0 Å². The maximum absolute atomic E-state index is 4.76. The first kappa shape index (κ1) is 14.8. The highest BCUT2D eigenvalue weighted by molar-refractivity contribution is 5.62. The number of aromatic amines is 2. The zero-order chi connectivity index (χ0) is 17.3. The van der Waals surface area contributed by atoms with Gasteiger partial charge in [0.15, 0.2) is 0 Å². The SMILES string of the molecule is C1=CC(c2cc(-c3cccc(-c4cc(C5C=CC=C5)[nH]n4)n3)n[nH]2)C=C1. The molecule has 0 bridgehead atoms. The van der Waals surface area contributed by atoms with Crippen LogP contribution in [-0.2, 0) is 0 Å². The van der Waals surface area contributed by atoms with Crippen LogP contribution >= 0.6 is 0 Å². The molecule has 0 aromatic carbocycles. The van der Waals surface area contributed by atoms with Crippen molar-refractivity contribution in [2.45, 2.75) is 11.8 Å². The molecule has 0 saturated carbocycles. The summed E-state index contributed by atoms with van der Waals surface area (Å²) in [5, 5.41) is 15.1. The lowest BCUT2D eigenvalue weighted by Crippen LogP contribution is -1.88. The topological polar surface area (TPSA) is 70.2 Å². The fourth-order valence-corrected chi connectivity index (χ4v) is 3.28. The van der Waals surface area contributed by atoms with E-state index in [1.165, 1.54) is 0 Å². The molecule has 3 aromatic rings. The number of nitrogens with zero attached hydrogens (tertiary/aromatic N) is 3. The van der Waals surface area contributed by atoms with Crippen LogP contribution < -0.4 is 0 Å². The molecule has 2 aliphatic rings. The molecule has 5 nitrogen and oxygen atoms in total. The van der Waals surface area contributed by atoms with Crippen molar-refractivity contribution < 1.29 is 0 Å². The number of pyridine rings is 1. The van der Waals surface area contributed by atoms with E-state index in [1.807, 2.05) is 42.5 Å². The van der Waals surface area contributed by atoms with Crippen LogP contribution in [0.25, 0.3) is 22.8 Å². The molecule has 3 heterocycles. The lowest BCUT2D eigenvalue weighted by Gasteiger charge is -2.00. The van der Waals surface area contributed by atoms with Crippen molar-refractivity contribution >= 4 is 0 Å². The Kier molecular flexibility index (Phi) is 3.49. The van der Waals surface area contributed by atoms with Gasteiger partial charge in [-0.3, -0.25) is 10.2 Å². The largest absolute Gasteiger partial charge is 0.281 e. The van der Waals surface area contributed by atoms with Gasteiger partial charge in [-0.2, -0.15) is 10.2 Å². The zero-order valence-corrected chi connectivity index (χ0v) is 14.0. The predicted octanol–water partition coefficient (Wildman–Crippen LogP) is 4.28. The van der Waals surface area contributed by atoms with Gasteiger partial charge < -0.3 is 0 Å². The van der Waals surface area contributed by atoms with Gasteiger partial charge in [-0.05, 0) is 24.3 Å². The molecule has 0 spiro atoms. The van der Waals surface area contributed by atoms with Gasteiger partial charge in [-0.1, -0.05) is 54.7 Å². The normalized spacial score (nSPS) is 16.3. The maximum Gasteiger partial charge on any atom is 0.111 e. The van der Waals surface area contributed by atoms with Crippen LogP contribution in [0.2, 0.25) is 0 Å². The van der Waals surface area contributed by atoms with Gasteiger partial charge in [0.1, 0.15) is 11.4 Å². The summed E-state index contributed by atoms with van der Waals surface area (Å²) in [5.41, 5.74) is 5.49. The van der Waals surface area contributed by atoms with E-state index in [-0.39, 0.29) is 11.8 Å². The molecule has 2 N–H and O–H groups in total. The van der Waals surface area contributed by atoms with Crippen molar-refractivity contribution in [2.75, 3.05) is 0 Å². The minimum absolute atomic E-state index is 0.265. The maximum atomic E-state index is 4.76. The summed E-state index contributed by atoms with van der Waals surface area (Å²) in [7, 11) is 0. The summed E-state index contributed by atoms with van der Waals surface area (Å²) in [5.74, 6) is 0.529. The molecule has 0 radical (unpaired) electrons. The predicted molar refractivity (Wildman–Crippen MR) is 101 cm³/mol. The van der Waals surface area contributed by atoms with E-state index in [2.05, 4.69) is 56.8 Å². The van der Waals surface area contributed by atoms with Crippen LogP contribution in [0.1, 0.15) is 23.2 Å². The summed E-state index contributed by atoms with van der Waals surface area (Å²) in [6.45, 7) is 0. The van der Waals surface area contributed by atoms with Gasteiger partial charge in [0.05, 0.1) is 11.4 Å². The van der Waals surface area contributed by atoms with Crippen LogP contribution in [0, 0.1) is 0 Å². The highest BCUT2D eigenvalue weighted by atomic mass is 15.1. The number of allylic oxidation sites excluding steroid dienone is 8. The smallest absolute Gasteiger partial charge is 0.111 e. The molecule has 3 aromatic heterocycles. The van der Waals surface area contributed by atoms with Gasteiger partial charge in [0.2, 0.25) is 0 Å². The summed E-state index contributed by atoms with van der Waals surface area (Å²) < 4.78 is 0. The third kappa shape index (κ3) is 2.63. The van der Waals surface area contributed by atoms with Gasteiger partial charge in [-0.15, -0.1) is 0 Å². The summed E-state index contributed by atoms with van der Waals surface area (Å²) >= 11 is 0. The van der Waals surface area contributed by atoms with Crippen molar-refractivity contribution in [1.29, 1.82) is 0 Å². The molecule has 0 aliphatic heterocycles. The van der Waals surface area contributed by atoms with E-state index in [1.54, 1.807) is 0 Å². The standard InChI is InChI=1S/C21H17N5/c1-2-7-14(6-1)18-12-20(25-23-18)16-10-5-11-17(22-16)21-13-19(24-26-21)15-8-3-4-9-15/h1-15H,(H,23,25)(H,24,26). The second-order valence-electron chi connectivity index (χ2n) is 6.42. The summed E-state index contributed by atoms with van der Waals surface area (Å²) in [6.07, 6.45) is 16.7. The molecule has 0 fully saturated rings. The number of H-pyrrole nitrogens is 2. The average Bonchev–Trinajstić information content (AvgIpc) is 3.49. The fraction of sp³-hybridized carbons (Fsp3) is 0.0952. The van der Waals surface area contributed by atoms with E-state index >= 15 is 0 Å². The van der Waals surface area contributed by atoms with E-state index in [0.29, 0.717) is 0 Å². The Labute approximate surface area is 150 Å². The van der Waals surface area contributed by atoms with Crippen molar-refractivity contribution in [2.24, 2.45) is 0 Å². The molecule has 0 unspecified atom stereocenters. The van der Waals surface area contributed by atoms with Gasteiger partial charge in [-0.25, -0.2) is 4.98 Å². The van der Waals surface area contributed by atoms with Gasteiger partial charge >= 0.3 is 0 Å². The Bertz CT molecular complexity index is 958. The Hall–Kier alpha value is -3.47. The molecule has 26 heavy (non-hydrogen) atoms. The molecule has 126 valence electrons. The first-order valence-corrected chi connectivity index (χ1v) is 8.65. The number of rotatable bonds is 4. The minimum atomic E-state index is 0.265. The van der Waals surface area contributed by atoms with E-state index < -0.39 is 0 Å². The summed E-state index contributed by atoms with van der Waals surface area (Å²) in [6, 6.07) is 10.0. The molecular weight excluding hydrogens is 322 g/mol. The summed E-state index contributed by atoms with van der Waals surface area (Å²) in [4.78, 5) is 4.76. The number of hydrogen-bond acceptors (Lipinski definition) is 3. The van der Waals surface area contributed by atoms with Crippen molar-refractivity contribution in [3.05, 3.63) is 90.3 Å². The Balaban J connectivity index is 1.44. The van der Waals surface area contributed by atoms with Crippen LogP contribution in [-0.4, -0.2) is 25.4 Å². The van der Waals surface area contributed by atoms with E-state index in [0.717, 1.165) is 34.2 Å². The Morgan fingerprint density at radius 2 is 1.08 bits per heavy atom. The quantitative estimate of drug-likeness (QED) is 0.745. The molecule has 0 atom stereocenters. The highest BCUT2D eigenvalue weighted by Gasteiger charge is 2.15. The van der Waals surface area contributed by atoms with E-state index in [4.69, 9.17) is 4.98 Å². The zero-order valence-electron chi connectivity index (χ0n) is 14.0. The lowest BCUT2D eigenvalue weighted by molar-refractivity contribution is 0.954. The average molecular weight is 339 g/mol. The minimum Gasteiger partial charge on any atom is -0.281 e. The lowest BCUT2D eigenvalue weighted by atomic mass is 10.1. The first-order valence-electron chi connectivity index (χ1n) is 8.65. The van der Waals surface area contributed by atoms with Crippen molar-refractivity contribution in [1.82, 2.24) is 25.4 Å². The second-order valence-corrected chi connectivity index (χ2v) is 6.42. The Morgan fingerprint density at radius 3 is 1.54 bits per heavy atom. The second kappa shape index (κ2) is 6.11. The molecule has 0 amide bonds. The van der Waals surface area contributed by atoms with Crippen molar-refractivity contribution in [3.63, 3.8) is 0 Å². The number of aromatic nitrogens is 5. The molecule has 5 rings (SSSR count). The first-order chi connectivity index (χ1) is 12.9. The van der Waals surface area contributed by atoms with Gasteiger partial charge in [0, 0.05) is 23.2 Å². The van der Waals surface area contributed by atoms with Crippen LogP contribution in [0.5, 0.6) is 0 Å². The van der Waals surface area contributed by atoms with Crippen LogP contribution in [0.4, 0.5) is 0 Å². The third-order valence-electron chi connectivity index (χ3n) is 4.68. The van der Waals surface area contributed by atoms with E-state index in [9.17, 15) is 0 Å². The molecule has 2 aliphatic carbocycles. The van der Waals surface area contributed by atoms with Crippen LogP contribution in [0.3, 0.4) is 0 Å². The number of hydrogen-bond donors (Lipinski definition) is 2. The Morgan fingerprint density at radius 1 is 0.615 bits per heavy atom. The monoisotopic (exact) mass is 339 g/mol. The number of nitrogens with one attached hydrogen (secondary N) is 2. The molecular formula is C21H17N5. The molecule has 0 saturated heterocycles.